The molecule has 1 saturated carbocycles. The van der Waals surface area contributed by atoms with Crippen LogP contribution >= 0.6 is 0 Å². The molecule has 0 aliphatic heterocycles. The molecule has 3 aromatic rings. The zero-order chi connectivity index (χ0) is 19.9. The Morgan fingerprint density at radius 1 is 0.793 bits per heavy atom. The molecule has 0 saturated heterocycles. The van der Waals surface area contributed by atoms with Crippen molar-refractivity contribution in [1.82, 2.24) is 0 Å². The number of para-hydroxylation sites is 1. The van der Waals surface area contributed by atoms with Gasteiger partial charge in [0.25, 0.3) is 0 Å². The van der Waals surface area contributed by atoms with Crippen molar-refractivity contribution >= 4 is 0 Å². The lowest BCUT2D eigenvalue weighted by Gasteiger charge is -2.19. The molecule has 0 spiro atoms. The highest BCUT2D eigenvalue weighted by Crippen LogP contribution is 2.38. The molecule has 0 bridgehead atoms. The molecule has 1 fully saturated rings. The zero-order valence-electron chi connectivity index (χ0n) is 17.2. The van der Waals surface area contributed by atoms with E-state index in [-0.39, 0.29) is 0 Å². The molecular weight excluding hydrogens is 356 g/mol. The molecule has 4 rings (SSSR count). The summed E-state index contributed by atoms with van der Waals surface area (Å²) in [5.74, 6) is 4.06. The van der Waals surface area contributed by atoms with Gasteiger partial charge < -0.3 is 9.47 Å². The molecule has 3 aromatic carbocycles. The molecule has 150 valence electrons. The minimum atomic E-state index is 0.378. The summed E-state index contributed by atoms with van der Waals surface area (Å²) in [5, 5.41) is 0. The Morgan fingerprint density at radius 2 is 1.55 bits per heavy atom. The van der Waals surface area contributed by atoms with E-state index in [4.69, 9.17) is 9.47 Å². The van der Waals surface area contributed by atoms with Gasteiger partial charge in [0.2, 0.25) is 0 Å². The van der Waals surface area contributed by atoms with Gasteiger partial charge in [-0.05, 0) is 66.8 Å². The molecule has 1 atom stereocenters. The van der Waals surface area contributed by atoms with Crippen LogP contribution in [0.4, 0.5) is 0 Å². The van der Waals surface area contributed by atoms with Crippen molar-refractivity contribution in [3.63, 3.8) is 0 Å². The molecule has 0 radical (unpaired) electrons. The second-order valence-corrected chi connectivity index (χ2v) is 7.92. The summed E-state index contributed by atoms with van der Waals surface area (Å²) in [6.45, 7) is 2.72. The lowest BCUT2D eigenvalue weighted by atomic mass is 9.86. The van der Waals surface area contributed by atoms with Gasteiger partial charge in [-0.1, -0.05) is 68.1 Å². The number of benzene rings is 3. The third kappa shape index (κ3) is 5.63. The Labute approximate surface area is 174 Å². The molecule has 0 N–H and O–H groups in total. The van der Waals surface area contributed by atoms with Crippen LogP contribution in [0.5, 0.6) is 17.2 Å². The average Bonchev–Trinajstić information content (AvgIpc) is 3.58. The first-order valence-electron chi connectivity index (χ1n) is 10.9. The second kappa shape index (κ2) is 9.65. The zero-order valence-corrected chi connectivity index (χ0v) is 17.2. The van der Waals surface area contributed by atoms with E-state index < -0.39 is 0 Å². The molecule has 0 aromatic heterocycles. The average molecular weight is 387 g/mol. The fourth-order valence-corrected chi connectivity index (χ4v) is 3.93. The molecule has 29 heavy (non-hydrogen) atoms. The highest BCUT2D eigenvalue weighted by Gasteiger charge is 2.22. The predicted octanol–water partition coefficient (Wildman–Crippen LogP) is 7.59. The van der Waals surface area contributed by atoms with Gasteiger partial charge in [0.05, 0.1) is 6.61 Å². The standard InChI is InChI=1S/C27H30O2/c1-2-28-24-18-16-22(17-19-24)27(13-6-8-21-14-15-21)23-9-7-12-26(20-23)29-25-10-4-3-5-11-25/h3-5,7,9-12,16-21,27H,2,6,8,13-15H2,1H3. The van der Waals surface area contributed by atoms with Crippen molar-refractivity contribution in [3.8, 4) is 17.2 Å². The first-order chi connectivity index (χ1) is 14.3. The molecule has 1 unspecified atom stereocenters. The Kier molecular flexibility index (Phi) is 6.51. The summed E-state index contributed by atoms with van der Waals surface area (Å²) in [6, 6.07) is 27.2. The molecule has 2 nitrogen and oxygen atoms in total. The van der Waals surface area contributed by atoms with Gasteiger partial charge in [-0.15, -0.1) is 0 Å². The molecule has 0 amide bonds. The normalized spacial score (nSPS) is 14.4. The minimum absolute atomic E-state index is 0.378. The van der Waals surface area contributed by atoms with Crippen LogP contribution in [-0.2, 0) is 0 Å². The first kappa shape index (κ1) is 19.6. The summed E-state index contributed by atoms with van der Waals surface area (Å²) in [4.78, 5) is 0. The lowest BCUT2D eigenvalue weighted by molar-refractivity contribution is 0.340. The van der Waals surface area contributed by atoms with Crippen molar-refractivity contribution in [1.29, 1.82) is 0 Å². The second-order valence-electron chi connectivity index (χ2n) is 7.92. The van der Waals surface area contributed by atoms with Crippen molar-refractivity contribution in [2.45, 2.75) is 44.9 Å². The summed E-state index contributed by atoms with van der Waals surface area (Å²) >= 11 is 0. The topological polar surface area (TPSA) is 18.5 Å². The number of ether oxygens (including phenoxy) is 2. The van der Waals surface area contributed by atoms with Gasteiger partial charge in [-0.3, -0.25) is 0 Å². The molecule has 1 aliphatic rings. The predicted molar refractivity (Wildman–Crippen MR) is 119 cm³/mol. The summed E-state index contributed by atoms with van der Waals surface area (Å²) < 4.78 is 11.7. The number of rotatable bonds is 10. The smallest absolute Gasteiger partial charge is 0.127 e. The molecule has 1 aliphatic carbocycles. The maximum atomic E-state index is 6.09. The van der Waals surface area contributed by atoms with E-state index >= 15 is 0 Å². The van der Waals surface area contributed by atoms with E-state index in [9.17, 15) is 0 Å². The molecule has 2 heteroatoms. The van der Waals surface area contributed by atoms with Crippen LogP contribution in [-0.4, -0.2) is 6.61 Å². The van der Waals surface area contributed by atoms with Crippen LogP contribution in [0.1, 0.15) is 56.1 Å². The van der Waals surface area contributed by atoms with E-state index in [0.717, 1.165) is 23.2 Å². The van der Waals surface area contributed by atoms with Gasteiger partial charge in [-0.2, -0.15) is 0 Å². The maximum Gasteiger partial charge on any atom is 0.127 e. The summed E-state index contributed by atoms with van der Waals surface area (Å²) in [6.07, 6.45) is 6.64. The number of hydrogen-bond acceptors (Lipinski definition) is 2. The van der Waals surface area contributed by atoms with Crippen LogP contribution in [0.25, 0.3) is 0 Å². The largest absolute Gasteiger partial charge is 0.494 e. The van der Waals surface area contributed by atoms with Crippen molar-refractivity contribution < 1.29 is 9.47 Å². The first-order valence-corrected chi connectivity index (χ1v) is 10.9. The van der Waals surface area contributed by atoms with Crippen LogP contribution in [0.2, 0.25) is 0 Å². The SMILES string of the molecule is CCOc1ccc(C(CCCC2CC2)c2cccc(Oc3ccccc3)c2)cc1. The third-order valence-electron chi connectivity index (χ3n) is 5.63. The van der Waals surface area contributed by atoms with Crippen molar-refractivity contribution in [2.75, 3.05) is 6.61 Å². The van der Waals surface area contributed by atoms with Crippen molar-refractivity contribution in [3.05, 3.63) is 90.0 Å². The number of hydrogen-bond donors (Lipinski definition) is 0. The fraction of sp³-hybridized carbons (Fsp3) is 0.333. The van der Waals surface area contributed by atoms with Crippen LogP contribution < -0.4 is 9.47 Å². The summed E-state index contributed by atoms with van der Waals surface area (Å²) in [7, 11) is 0. The van der Waals surface area contributed by atoms with Gasteiger partial charge in [0.1, 0.15) is 17.2 Å². The van der Waals surface area contributed by atoms with Gasteiger partial charge in [-0.25, -0.2) is 0 Å². The van der Waals surface area contributed by atoms with Crippen molar-refractivity contribution in [2.24, 2.45) is 5.92 Å². The van der Waals surface area contributed by atoms with Gasteiger partial charge >= 0.3 is 0 Å². The van der Waals surface area contributed by atoms with Gasteiger partial charge in [0.15, 0.2) is 0 Å². The quantitative estimate of drug-likeness (QED) is 0.357. The maximum absolute atomic E-state index is 6.09. The minimum Gasteiger partial charge on any atom is -0.494 e. The Balaban J connectivity index is 1.55. The van der Waals surface area contributed by atoms with Crippen LogP contribution in [0.3, 0.4) is 0 Å². The van der Waals surface area contributed by atoms with E-state index in [1.54, 1.807) is 0 Å². The van der Waals surface area contributed by atoms with E-state index in [0.29, 0.717) is 12.5 Å². The van der Waals surface area contributed by atoms with Crippen LogP contribution in [0, 0.1) is 5.92 Å². The molecular formula is C27H30O2. The Hall–Kier alpha value is -2.74. The third-order valence-corrected chi connectivity index (χ3v) is 5.63. The van der Waals surface area contributed by atoms with Crippen LogP contribution in [0.15, 0.2) is 78.9 Å². The lowest BCUT2D eigenvalue weighted by Crippen LogP contribution is -2.03. The summed E-state index contributed by atoms with van der Waals surface area (Å²) in [5.41, 5.74) is 2.67. The Morgan fingerprint density at radius 3 is 2.28 bits per heavy atom. The van der Waals surface area contributed by atoms with Gasteiger partial charge in [0, 0.05) is 5.92 Å². The fourth-order valence-electron chi connectivity index (χ4n) is 3.93. The highest BCUT2D eigenvalue weighted by molar-refractivity contribution is 5.40. The Bertz CT molecular complexity index is 882. The monoisotopic (exact) mass is 386 g/mol. The van der Waals surface area contributed by atoms with E-state index in [2.05, 4.69) is 42.5 Å². The highest BCUT2D eigenvalue weighted by atomic mass is 16.5. The molecule has 0 heterocycles. The van der Waals surface area contributed by atoms with E-state index in [1.165, 1.54) is 43.2 Å². The van der Waals surface area contributed by atoms with E-state index in [1.807, 2.05) is 43.3 Å².